The van der Waals surface area contributed by atoms with Gasteiger partial charge in [-0.3, -0.25) is 9.69 Å². The molecule has 1 aliphatic heterocycles. The second-order valence-electron chi connectivity index (χ2n) is 4.28. The summed E-state index contributed by atoms with van der Waals surface area (Å²) in [7, 11) is 1.39. The number of hydrogen-bond donors (Lipinski definition) is 2. The molecule has 1 aromatic rings. The Bertz CT molecular complexity index is 460. The number of nitrogens with one attached hydrogen (secondary N) is 1. The predicted molar refractivity (Wildman–Crippen MR) is 61.1 cm³/mol. The van der Waals surface area contributed by atoms with Crippen LogP contribution in [0.2, 0.25) is 0 Å². The molecule has 2 rings (SSSR count). The third kappa shape index (κ3) is 1.59. The average Bonchev–Trinajstić information content (AvgIpc) is 2.35. The topological polar surface area (TPSA) is 69.6 Å². The summed E-state index contributed by atoms with van der Waals surface area (Å²) in [5.74, 6) is -0.417. The van der Waals surface area contributed by atoms with Crippen LogP contribution in [0.25, 0.3) is 0 Å². The van der Waals surface area contributed by atoms with Gasteiger partial charge in [-0.15, -0.1) is 0 Å². The van der Waals surface area contributed by atoms with E-state index < -0.39 is 23.6 Å². The van der Waals surface area contributed by atoms with Crippen molar-refractivity contribution >= 4 is 11.9 Å². The van der Waals surface area contributed by atoms with E-state index in [1.54, 1.807) is 31.2 Å². The third-order valence-corrected chi connectivity index (χ3v) is 3.23. The van der Waals surface area contributed by atoms with Gasteiger partial charge < -0.3 is 10.4 Å². The average molecular weight is 234 g/mol. The normalized spacial score (nSPS) is 29.1. The smallest absolute Gasteiger partial charge is 0.325 e. The number of imide groups is 1. The van der Waals surface area contributed by atoms with Gasteiger partial charge in [0.15, 0.2) is 0 Å². The number of carbonyl (C=O) groups is 2. The summed E-state index contributed by atoms with van der Waals surface area (Å²) in [5.41, 5.74) is -0.478. The van der Waals surface area contributed by atoms with E-state index in [-0.39, 0.29) is 0 Å². The van der Waals surface area contributed by atoms with Crippen molar-refractivity contribution in [1.82, 2.24) is 10.2 Å². The number of benzene rings is 1. The highest BCUT2D eigenvalue weighted by molar-refractivity contribution is 6.02. The Hall–Kier alpha value is -1.88. The number of aliphatic hydroxyl groups is 1. The molecule has 0 aliphatic carbocycles. The van der Waals surface area contributed by atoms with E-state index in [0.29, 0.717) is 5.56 Å². The largest absolute Gasteiger partial charge is 0.372 e. The maximum Gasteiger partial charge on any atom is 0.325 e. The van der Waals surface area contributed by atoms with Crippen LogP contribution in [-0.2, 0) is 10.2 Å². The minimum Gasteiger partial charge on any atom is -0.372 e. The molecular weight excluding hydrogens is 220 g/mol. The van der Waals surface area contributed by atoms with Gasteiger partial charge in [-0.05, 0) is 12.5 Å². The fourth-order valence-electron chi connectivity index (χ4n) is 1.98. The number of likely N-dealkylation sites (N-methyl/N-ethyl adjacent to an activating group) is 1. The highest BCUT2D eigenvalue weighted by atomic mass is 16.3. The molecule has 1 heterocycles. The molecule has 1 saturated heterocycles. The van der Waals surface area contributed by atoms with Crippen molar-refractivity contribution in [2.75, 3.05) is 7.05 Å². The number of amides is 3. The standard InChI is InChI=1S/C12H14N2O3/c1-12(8-6-4-3-5-7-8)9(15)13-11(17)14(2)10(12)16/h3-7,9,15H,1-2H3,(H,13,17). The van der Waals surface area contributed by atoms with Gasteiger partial charge in [0.2, 0.25) is 5.91 Å². The summed E-state index contributed by atoms with van der Waals surface area (Å²) in [4.78, 5) is 24.5. The van der Waals surface area contributed by atoms with Gasteiger partial charge >= 0.3 is 6.03 Å². The SMILES string of the molecule is CN1C(=O)NC(O)C(C)(c2ccccc2)C1=O. The lowest BCUT2D eigenvalue weighted by atomic mass is 9.78. The molecule has 0 radical (unpaired) electrons. The molecule has 2 N–H and O–H groups in total. The van der Waals surface area contributed by atoms with Crippen LogP contribution in [-0.4, -0.2) is 35.2 Å². The Kier molecular flexibility index (Phi) is 2.63. The van der Waals surface area contributed by atoms with Gasteiger partial charge in [-0.1, -0.05) is 30.3 Å². The van der Waals surface area contributed by atoms with Crippen LogP contribution in [0, 0.1) is 0 Å². The second kappa shape index (κ2) is 3.85. The lowest BCUT2D eigenvalue weighted by Gasteiger charge is -2.41. The zero-order valence-corrected chi connectivity index (χ0v) is 9.68. The van der Waals surface area contributed by atoms with Crippen molar-refractivity contribution in [2.24, 2.45) is 0 Å². The molecule has 2 atom stereocenters. The summed E-state index contributed by atoms with van der Waals surface area (Å²) in [6, 6.07) is 8.33. The molecule has 5 heteroatoms. The Labute approximate surface area is 99.0 Å². The fraction of sp³-hybridized carbons (Fsp3) is 0.333. The molecule has 0 bridgehead atoms. The van der Waals surface area contributed by atoms with Crippen molar-refractivity contribution < 1.29 is 14.7 Å². The van der Waals surface area contributed by atoms with Gasteiger partial charge in [-0.2, -0.15) is 0 Å². The van der Waals surface area contributed by atoms with Crippen LogP contribution in [0.3, 0.4) is 0 Å². The molecule has 1 aromatic carbocycles. The fourth-order valence-corrected chi connectivity index (χ4v) is 1.98. The van der Waals surface area contributed by atoms with Crippen LogP contribution < -0.4 is 5.32 Å². The summed E-state index contributed by atoms with van der Waals surface area (Å²) in [6.45, 7) is 1.62. The first-order chi connectivity index (χ1) is 7.98. The van der Waals surface area contributed by atoms with Gasteiger partial charge in [0.05, 0.1) is 0 Å². The third-order valence-electron chi connectivity index (χ3n) is 3.23. The maximum absolute atomic E-state index is 12.2. The van der Waals surface area contributed by atoms with E-state index in [1.165, 1.54) is 7.05 Å². The molecule has 2 unspecified atom stereocenters. The van der Waals surface area contributed by atoms with Crippen LogP contribution in [0.5, 0.6) is 0 Å². The van der Waals surface area contributed by atoms with Crippen LogP contribution >= 0.6 is 0 Å². The van der Waals surface area contributed by atoms with E-state index in [4.69, 9.17) is 0 Å². The maximum atomic E-state index is 12.2. The number of rotatable bonds is 1. The highest BCUT2D eigenvalue weighted by Crippen LogP contribution is 2.31. The molecule has 0 saturated carbocycles. The van der Waals surface area contributed by atoms with Crippen LogP contribution in [0.4, 0.5) is 4.79 Å². The molecule has 1 fully saturated rings. The Morgan fingerprint density at radius 2 is 1.88 bits per heavy atom. The number of carbonyl (C=O) groups excluding carboxylic acids is 2. The minimum atomic E-state index is -1.22. The summed E-state index contributed by atoms with van der Waals surface area (Å²) >= 11 is 0. The van der Waals surface area contributed by atoms with Crippen LogP contribution in [0.1, 0.15) is 12.5 Å². The van der Waals surface area contributed by atoms with E-state index in [2.05, 4.69) is 5.32 Å². The molecule has 3 amide bonds. The molecule has 17 heavy (non-hydrogen) atoms. The number of urea groups is 1. The van der Waals surface area contributed by atoms with E-state index in [9.17, 15) is 14.7 Å². The first-order valence-corrected chi connectivity index (χ1v) is 5.30. The van der Waals surface area contributed by atoms with Crippen molar-refractivity contribution in [3.05, 3.63) is 35.9 Å². The van der Waals surface area contributed by atoms with Crippen molar-refractivity contribution in [3.63, 3.8) is 0 Å². The summed E-state index contributed by atoms with van der Waals surface area (Å²) < 4.78 is 0. The summed E-state index contributed by atoms with van der Waals surface area (Å²) in [5, 5.41) is 12.3. The Morgan fingerprint density at radius 1 is 1.29 bits per heavy atom. The van der Waals surface area contributed by atoms with Crippen LogP contribution in [0.15, 0.2) is 30.3 Å². The number of aliphatic hydroxyl groups excluding tert-OH is 1. The van der Waals surface area contributed by atoms with Gasteiger partial charge in [-0.25, -0.2) is 4.79 Å². The van der Waals surface area contributed by atoms with E-state index in [0.717, 1.165) is 4.90 Å². The number of hydrogen-bond acceptors (Lipinski definition) is 3. The zero-order chi connectivity index (χ0) is 12.6. The Balaban J connectivity index is 2.48. The van der Waals surface area contributed by atoms with Crippen molar-refractivity contribution in [3.8, 4) is 0 Å². The molecular formula is C12H14N2O3. The minimum absolute atomic E-state index is 0.417. The van der Waals surface area contributed by atoms with Gasteiger partial charge in [0.1, 0.15) is 11.6 Å². The molecule has 5 nitrogen and oxygen atoms in total. The van der Waals surface area contributed by atoms with E-state index >= 15 is 0 Å². The highest BCUT2D eigenvalue weighted by Gasteiger charge is 2.49. The lowest BCUT2D eigenvalue weighted by molar-refractivity contribution is -0.141. The second-order valence-corrected chi connectivity index (χ2v) is 4.28. The molecule has 90 valence electrons. The quantitative estimate of drug-likeness (QED) is 0.741. The summed E-state index contributed by atoms with van der Waals surface area (Å²) in [6.07, 6.45) is -1.22. The van der Waals surface area contributed by atoms with E-state index in [1.807, 2.05) is 6.07 Å². The molecule has 0 aromatic heterocycles. The zero-order valence-electron chi connectivity index (χ0n) is 9.68. The number of nitrogens with zero attached hydrogens (tertiary/aromatic N) is 1. The molecule has 0 spiro atoms. The van der Waals surface area contributed by atoms with Crippen molar-refractivity contribution in [1.29, 1.82) is 0 Å². The lowest BCUT2D eigenvalue weighted by Crippen LogP contribution is -2.65. The first-order valence-electron chi connectivity index (χ1n) is 5.30. The monoisotopic (exact) mass is 234 g/mol. The Morgan fingerprint density at radius 3 is 2.47 bits per heavy atom. The van der Waals surface area contributed by atoms with Crippen molar-refractivity contribution in [2.45, 2.75) is 18.6 Å². The van der Waals surface area contributed by atoms with Gasteiger partial charge in [0, 0.05) is 7.05 Å². The van der Waals surface area contributed by atoms with Gasteiger partial charge in [0.25, 0.3) is 0 Å². The predicted octanol–water partition coefficient (Wildman–Crippen LogP) is 0.444. The molecule has 1 aliphatic rings. The first kappa shape index (κ1) is 11.6.